The first-order valence-corrected chi connectivity index (χ1v) is 5.50. The van der Waals surface area contributed by atoms with Crippen molar-refractivity contribution in [3.63, 3.8) is 0 Å². The average molecular weight is 178 g/mol. The van der Waals surface area contributed by atoms with Crippen LogP contribution in [0.3, 0.4) is 0 Å². The van der Waals surface area contributed by atoms with Gasteiger partial charge in [-0.2, -0.15) is 0 Å². The van der Waals surface area contributed by atoms with Crippen LogP contribution < -0.4 is 0 Å². The standard InChI is InChI=1S/C12H18O/c1-9-5-7-11(8-6-9)12(13)10-3-2-4-10/h7,9-10H,2-6,8H2,1H3. The molecule has 0 aromatic heterocycles. The van der Waals surface area contributed by atoms with Gasteiger partial charge < -0.3 is 0 Å². The lowest BCUT2D eigenvalue weighted by molar-refractivity contribution is -0.121. The Balaban J connectivity index is 1.96. The minimum atomic E-state index is 0.402. The van der Waals surface area contributed by atoms with Crippen LogP contribution in [0.4, 0.5) is 0 Å². The fourth-order valence-corrected chi connectivity index (χ4v) is 2.12. The predicted molar refractivity (Wildman–Crippen MR) is 53.4 cm³/mol. The molecule has 0 radical (unpaired) electrons. The zero-order valence-electron chi connectivity index (χ0n) is 8.38. The monoisotopic (exact) mass is 178 g/mol. The van der Waals surface area contributed by atoms with Gasteiger partial charge in [-0.05, 0) is 43.6 Å². The van der Waals surface area contributed by atoms with Crippen LogP contribution in [0.15, 0.2) is 11.6 Å². The average Bonchev–Trinajstić information content (AvgIpc) is 2.02. The van der Waals surface area contributed by atoms with Gasteiger partial charge >= 0.3 is 0 Å². The summed E-state index contributed by atoms with van der Waals surface area (Å²) in [6, 6.07) is 0. The number of hydrogen-bond donors (Lipinski definition) is 0. The minimum Gasteiger partial charge on any atom is -0.294 e. The number of rotatable bonds is 2. The summed E-state index contributed by atoms with van der Waals surface area (Å²) >= 11 is 0. The highest BCUT2D eigenvalue weighted by Crippen LogP contribution is 2.33. The topological polar surface area (TPSA) is 17.1 Å². The van der Waals surface area contributed by atoms with Crippen molar-refractivity contribution in [2.24, 2.45) is 11.8 Å². The van der Waals surface area contributed by atoms with Gasteiger partial charge in [0.1, 0.15) is 0 Å². The summed E-state index contributed by atoms with van der Waals surface area (Å²) < 4.78 is 0. The van der Waals surface area contributed by atoms with Crippen LogP contribution in [-0.4, -0.2) is 5.78 Å². The predicted octanol–water partition coefficient (Wildman–Crippen LogP) is 3.10. The third-order valence-corrected chi connectivity index (χ3v) is 3.47. The number of carbonyl (C=O) groups is 1. The van der Waals surface area contributed by atoms with Gasteiger partial charge in [-0.1, -0.05) is 19.4 Å². The van der Waals surface area contributed by atoms with E-state index in [-0.39, 0.29) is 0 Å². The van der Waals surface area contributed by atoms with Gasteiger partial charge in [-0.25, -0.2) is 0 Å². The van der Waals surface area contributed by atoms with E-state index in [0.717, 1.165) is 37.2 Å². The van der Waals surface area contributed by atoms with Gasteiger partial charge in [0.05, 0.1) is 0 Å². The van der Waals surface area contributed by atoms with Crippen molar-refractivity contribution < 1.29 is 4.79 Å². The quantitative estimate of drug-likeness (QED) is 0.635. The highest BCUT2D eigenvalue weighted by molar-refractivity contribution is 5.97. The lowest BCUT2D eigenvalue weighted by Gasteiger charge is -2.27. The van der Waals surface area contributed by atoms with E-state index in [4.69, 9.17) is 0 Å². The Kier molecular flexibility index (Phi) is 2.52. The highest BCUT2D eigenvalue weighted by Gasteiger charge is 2.28. The third kappa shape index (κ3) is 1.84. The zero-order valence-corrected chi connectivity index (χ0v) is 8.38. The number of allylic oxidation sites excluding steroid dienone is 2. The molecule has 1 nitrogen and oxygen atoms in total. The van der Waals surface area contributed by atoms with Crippen LogP contribution >= 0.6 is 0 Å². The number of carbonyl (C=O) groups excluding carboxylic acids is 1. The second kappa shape index (κ2) is 3.65. The van der Waals surface area contributed by atoms with Gasteiger partial charge in [0, 0.05) is 5.92 Å². The first-order valence-electron chi connectivity index (χ1n) is 5.50. The van der Waals surface area contributed by atoms with Crippen molar-refractivity contribution in [3.05, 3.63) is 11.6 Å². The molecule has 0 N–H and O–H groups in total. The Morgan fingerprint density at radius 1 is 1.38 bits per heavy atom. The van der Waals surface area contributed by atoms with Crippen LogP contribution in [0, 0.1) is 11.8 Å². The Labute approximate surface area is 80.2 Å². The number of ketones is 1. The van der Waals surface area contributed by atoms with E-state index in [1.807, 2.05) is 0 Å². The molecule has 72 valence electrons. The Morgan fingerprint density at radius 2 is 2.15 bits per heavy atom. The zero-order chi connectivity index (χ0) is 9.26. The SMILES string of the molecule is CC1CC=C(C(=O)C2CCC2)CC1. The summed E-state index contributed by atoms with van der Waals surface area (Å²) in [7, 11) is 0. The number of hydrogen-bond acceptors (Lipinski definition) is 1. The second-order valence-electron chi connectivity index (χ2n) is 4.60. The molecule has 1 fully saturated rings. The fraction of sp³-hybridized carbons (Fsp3) is 0.750. The van der Waals surface area contributed by atoms with E-state index in [1.165, 1.54) is 12.8 Å². The van der Waals surface area contributed by atoms with E-state index in [1.54, 1.807) is 0 Å². The Hall–Kier alpha value is -0.590. The van der Waals surface area contributed by atoms with Crippen LogP contribution in [0.2, 0.25) is 0 Å². The van der Waals surface area contributed by atoms with Crippen molar-refractivity contribution in [1.82, 2.24) is 0 Å². The van der Waals surface area contributed by atoms with Gasteiger partial charge in [0.15, 0.2) is 5.78 Å². The largest absolute Gasteiger partial charge is 0.294 e. The van der Waals surface area contributed by atoms with Crippen LogP contribution in [-0.2, 0) is 4.79 Å². The molecule has 1 atom stereocenters. The van der Waals surface area contributed by atoms with Crippen molar-refractivity contribution in [2.45, 2.75) is 45.4 Å². The molecule has 2 rings (SSSR count). The van der Waals surface area contributed by atoms with Crippen LogP contribution in [0.5, 0.6) is 0 Å². The summed E-state index contributed by atoms with van der Waals surface area (Å²) in [5.74, 6) is 1.66. The molecule has 0 spiro atoms. The van der Waals surface area contributed by atoms with E-state index >= 15 is 0 Å². The first kappa shape index (κ1) is 8.98. The normalized spacial score (nSPS) is 29.3. The molecule has 0 aromatic carbocycles. The van der Waals surface area contributed by atoms with Crippen molar-refractivity contribution in [1.29, 1.82) is 0 Å². The van der Waals surface area contributed by atoms with Crippen molar-refractivity contribution >= 4 is 5.78 Å². The highest BCUT2D eigenvalue weighted by atomic mass is 16.1. The molecule has 0 amide bonds. The maximum Gasteiger partial charge on any atom is 0.161 e. The van der Waals surface area contributed by atoms with Crippen LogP contribution in [0.1, 0.15) is 45.4 Å². The summed E-state index contributed by atoms with van der Waals surface area (Å²) in [6.45, 7) is 2.26. The van der Waals surface area contributed by atoms with Crippen molar-refractivity contribution in [3.8, 4) is 0 Å². The minimum absolute atomic E-state index is 0.402. The summed E-state index contributed by atoms with van der Waals surface area (Å²) in [6.07, 6.45) is 9.11. The Morgan fingerprint density at radius 3 is 2.62 bits per heavy atom. The van der Waals surface area contributed by atoms with Crippen molar-refractivity contribution in [2.75, 3.05) is 0 Å². The van der Waals surface area contributed by atoms with E-state index in [2.05, 4.69) is 13.0 Å². The molecule has 1 unspecified atom stereocenters. The molecule has 0 saturated heterocycles. The first-order chi connectivity index (χ1) is 6.27. The second-order valence-corrected chi connectivity index (χ2v) is 4.60. The maximum absolute atomic E-state index is 11.8. The summed E-state index contributed by atoms with van der Waals surface area (Å²) in [5, 5.41) is 0. The smallest absolute Gasteiger partial charge is 0.161 e. The maximum atomic E-state index is 11.8. The molecule has 1 saturated carbocycles. The van der Waals surface area contributed by atoms with Crippen LogP contribution in [0.25, 0.3) is 0 Å². The lowest BCUT2D eigenvalue weighted by Crippen LogP contribution is -2.24. The molecule has 0 heterocycles. The van der Waals surface area contributed by atoms with Gasteiger partial charge in [-0.15, -0.1) is 0 Å². The molecule has 13 heavy (non-hydrogen) atoms. The summed E-state index contributed by atoms with van der Waals surface area (Å²) in [5.41, 5.74) is 1.14. The number of Topliss-reactive ketones (excluding diaryl/α,β-unsaturated/α-hetero) is 1. The molecule has 0 aromatic rings. The van der Waals surface area contributed by atoms with E-state index < -0.39 is 0 Å². The van der Waals surface area contributed by atoms with E-state index in [9.17, 15) is 4.79 Å². The molecular formula is C12H18O. The molecule has 2 aliphatic carbocycles. The molecule has 1 heteroatoms. The molecule has 2 aliphatic rings. The van der Waals surface area contributed by atoms with Gasteiger partial charge in [0.25, 0.3) is 0 Å². The summed E-state index contributed by atoms with van der Waals surface area (Å²) in [4.78, 5) is 11.8. The van der Waals surface area contributed by atoms with E-state index in [0.29, 0.717) is 11.7 Å². The molecule has 0 bridgehead atoms. The lowest BCUT2D eigenvalue weighted by atomic mass is 9.77. The Bertz CT molecular complexity index is 236. The third-order valence-electron chi connectivity index (χ3n) is 3.47. The molecule has 0 aliphatic heterocycles. The molecular weight excluding hydrogens is 160 g/mol. The van der Waals surface area contributed by atoms with Gasteiger partial charge in [-0.3, -0.25) is 4.79 Å². The fourth-order valence-electron chi connectivity index (χ4n) is 2.12. The van der Waals surface area contributed by atoms with Gasteiger partial charge in [0.2, 0.25) is 0 Å².